The van der Waals surface area contributed by atoms with Crippen LogP contribution >= 0.6 is 0 Å². The maximum atomic E-state index is 12.9. The highest BCUT2D eigenvalue weighted by molar-refractivity contribution is 5.82. The van der Waals surface area contributed by atoms with Gasteiger partial charge in [0.15, 0.2) is 11.5 Å². The molecule has 4 rings (SSSR count). The smallest absolute Gasteiger partial charge is 0.335 e. The zero-order valence-electron chi connectivity index (χ0n) is 16.7. The molecule has 1 aromatic heterocycles. The summed E-state index contributed by atoms with van der Waals surface area (Å²) in [4.78, 5) is 24.1. The SMILES string of the molecule is COc1ccc(-c2coc3cc(O[C@@H]4O[C@H](C(=O)O)[C@@H](O)[C@H](O)[C@H]4O)ccc3c2=O)cc1. The minimum atomic E-state index is -1.83. The zero-order chi connectivity index (χ0) is 23.0. The summed E-state index contributed by atoms with van der Waals surface area (Å²) in [5, 5.41) is 39.1. The maximum absolute atomic E-state index is 12.9. The number of rotatable bonds is 5. The van der Waals surface area contributed by atoms with Gasteiger partial charge in [0.05, 0.1) is 18.1 Å². The largest absolute Gasteiger partial charge is 0.497 e. The van der Waals surface area contributed by atoms with Crippen LogP contribution in [0.4, 0.5) is 0 Å². The maximum Gasteiger partial charge on any atom is 0.335 e. The molecule has 1 aliphatic rings. The van der Waals surface area contributed by atoms with Gasteiger partial charge in [-0.05, 0) is 29.8 Å². The number of benzene rings is 2. The van der Waals surface area contributed by atoms with Crippen molar-refractivity contribution < 1.29 is 43.8 Å². The van der Waals surface area contributed by atoms with Crippen molar-refractivity contribution in [1.82, 2.24) is 0 Å². The van der Waals surface area contributed by atoms with Crippen molar-refractivity contribution in [2.24, 2.45) is 0 Å². The Balaban J connectivity index is 1.61. The van der Waals surface area contributed by atoms with Crippen LogP contribution in [0.15, 0.2) is 57.9 Å². The molecule has 0 spiro atoms. The lowest BCUT2D eigenvalue weighted by molar-refractivity contribution is -0.271. The predicted molar refractivity (Wildman–Crippen MR) is 109 cm³/mol. The molecule has 1 saturated heterocycles. The van der Waals surface area contributed by atoms with Gasteiger partial charge in [0, 0.05) is 6.07 Å². The van der Waals surface area contributed by atoms with Gasteiger partial charge in [-0.15, -0.1) is 0 Å². The van der Waals surface area contributed by atoms with E-state index in [0.717, 1.165) is 0 Å². The molecular formula is C22H20O10. The highest BCUT2D eigenvalue weighted by atomic mass is 16.7. The summed E-state index contributed by atoms with van der Waals surface area (Å²) in [6.07, 6.45) is -7.38. The molecule has 0 radical (unpaired) electrons. The first-order valence-electron chi connectivity index (χ1n) is 9.59. The number of carboxylic acids is 1. The van der Waals surface area contributed by atoms with Crippen LogP contribution in [-0.4, -0.2) is 64.2 Å². The van der Waals surface area contributed by atoms with Crippen LogP contribution in [-0.2, 0) is 9.53 Å². The van der Waals surface area contributed by atoms with Gasteiger partial charge in [-0.3, -0.25) is 4.79 Å². The van der Waals surface area contributed by atoms with Gasteiger partial charge in [0.1, 0.15) is 41.7 Å². The molecule has 168 valence electrons. The van der Waals surface area contributed by atoms with Crippen molar-refractivity contribution in [3.8, 4) is 22.6 Å². The molecule has 2 aromatic carbocycles. The lowest BCUT2D eigenvalue weighted by atomic mass is 9.99. The summed E-state index contributed by atoms with van der Waals surface area (Å²) in [6.45, 7) is 0. The minimum absolute atomic E-state index is 0.0922. The first-order valence-corrected chi connectivity index (χ1v) is 9.59. The van der Waals surface area contributed by atoms with Gasteiger partial charge in [-0.2, -0.15) is 0 Å². The number of aliphatic hydroxyl groups is 3. The number of ether oxygens (including phenoxy) is 3. The summed E-state index contributed by atoms with van der Waals surface area (Å²) in [5.74, 6) is -0.780. The Hall–Kier alpha value is -3.44. The van der Waals surface area contributed by atoms with Crippen molar-refractivity contribution in [2.45, 2.75) is 30.7 Å². The number of hydrogen-bond acceptors (Lipinski definition) is 9. The van der Waals surface area contributed by atoms with Crippen LogP contribution in [0, 0.1) is 0 Å². The average molecular weight is 444 g/mol. The van der Waals surface area contributed by atoms with Crippen LogP contribution < -0.4 is 14.9 Å². The monoisotopic (exact) mass is 444 g/mol. The molecule has 0 aliphatic carbocycles. The predicted octanol–water partition coefficient (Wildman–Crippen LogP) is 0.740. The molecule has 5 atom stereocenters. The number of fused-ring (bicyclic) bond motifs is 1. The molecule has 10 heteroatoms. The first kappa shape index (κ1) is 21.8. The van der Waals surface area contributed by atoms with E-state index in [0.29, 0.717) is 16.9 Å². The number of carboxylic acid groups (broad SMARTS) is 1. The zero-order valence-corrected chi connectivity index (χ0v) is 16.7. The molecule has 0 unspecified atom stereocenters. The van der Waals surface area contributed by atoms with Gasteiger partial charge in [-0.25, -0.2) is 4.79 Å². The summed E-state index contributed by atoms with van der Waals surface area (Å²) in [7, 11) is 1.54. The second-order valence-electron chi connectivity index (χ2n) is 7.22. The molecule has 2 heterocycles. The van der Waals surface area contributed by atoms with Crippen molar-refractivity contribution in [2.75, 3.05) is 7.11 Å². The van der Waals surface area contributed by atoms with E-state index < -0.39 is 36.7 Å². The Morgan fingerprint density at radius 2 is 1.66 bits per heavy atom. The Bertz CT molecular complexity index is 1190. The normalized spacial score (nSPS) is 25.4. The molecule has 0 saturated carbocycles. The van der Waals surface area contributed by atoms with Crippen LogP contribution in [0.5, 0.6) is 11.5 Å². The molecule has 10 nitrogen and oxygen atoms in total. The molecule has 1 fully saturated rings. The molecule has 1 aliphatic heterocycles. The van der Waals surface area contributed by atoms with Crippen LogP contribution in [0.25, 0.3) is 22.1 Å². The van der Waals surface area contributed by atoms with Gasteiger partial charge < -0.3 is 39.1 Å². The number of hydrogen-bond donors (Lipinski definition) is 4. The van der Waals surface area contributed by atoms with Gasteiger partial charge >= 0.3 is 5.97 Å². The third-order valence-corrected chi connectivity index (χ3v) is 5.21. The standard InChI is InChI=1S/C22H20O10/c1-29-11-4-2-10(3-5-11)14-9-30-15-8-12(6-7-13(15)16(14)23)31-22-19(26)17(24)18(25)20(32-22)21(27)28/h2-9,17-20,22,24-26H,1H3,(H,27,28)/t17-,18-,19+,20-,22+/m0/s1. The summed E-state index contributed by atoms with van der Waals surface area (Å²) in [6, 6.07) is 11.2. The van der Waals surface area contributed by atoms with E-state index in [1.807, 2.05) is 0 Å². The average Bonchev–Trinajstić information content (AvgIpc) is 2.79. The van der Waals surface area contributed by atoms with Crippen molar-refractivity contribution in [1.29, 1.82) is 0 Å². The minimum Gasteiger partial charge on any atom is -0.497 e. The molecule has 0 bridgehead atoms. The van der Waals surface area contributed by atoms with Crippen LogP contribution in [0.3, 0.4) is 0 Å². The Labute approximate surface area is 180 Å². The molecule has 3 aromatic rings. The number of methoxy groups -OCH3 is 1. The van der Waals surface area contributed by atoms with Crippen molar-refractivity contribution in [3.63, 3.8) is 0 Å². The topological polar surface area (TPSA) is 156 Å². The van der Waals surface area contributed by atoms with E-state index in [2.05, 4.69) is 0 Å². The van der Waals surface area contributed by atoms with E-state index in [4.69, 9.17) is 23.7 Å². The van der Waals surface area contributed by atoms with E-state index in [9.17, 15) is 24.9 Å². The van der Waals surface area contributed by atoms with Crippen LogP contribution in [0.2, 0.25) is 0 Å². The fourth-order valence-electron chi connectivity index (χ4n) is 3.44. The van der Waals surface area contributed by atoms with Gasteiger partial charge in [0.25, 0.3) is 0 Å². The molecule has 0 amide bonds. The highest BCUT2D eigenvalue weighted by Gasteiger charge is 2.48. The Morgan fingerprint density at radius 3 is 2.31 bits per heavy atom. The van der Waals surface area contributed by atoms with Gasteiger partial charge in [-0.1, -0.05) is 12.1 Å². The second kappa shape index (κ2) is 8.60. The molecule has 32 heavy (non-hydrogen) atoms. The summed E-state index contributed by atoms with van der Waals surface area (Å²) in [5.41, 5.74) is 0.904. The Morgan fingerprint density at radius 1 is 0.969 bits per heavy atom. The van der Waals surface area contributed by atoms with E-state index in [-0.39, 0.29) is 22.1 Å². The number of aliphatic hydroxyl groups excluding tert-OH is 3. The number of carbonyl (C=O) groups is 1. The third-order valence-electron chi connectivity index (χ3n) is 5.21. The van der Waals surface area contributed by atoms with Crippen molar-refractivity contribution in [3.05, 3.63) is 59.0 Å². The molecular weight excluding hydrogens is 424 g/mol. The third kappa shape index (κ3) is 3.92. The second-order valence-corrected chi connectivity index (χ2v) is 7.22. The fraction of sp³-hybridized carbons (Fsp3) is 0.273. The fourth-order valence-corrected chi connectivity index (χ4v) is 3.44. The summed E-state index contributed by atoms with van der Waals surface area (Å²) >= 11 is 0. The summed E-state index contributed by atoms with van der Waals surface area (Å²) < 4.78 is 21.3. The van der Waals surface area contributed by atoms with E-state index in [1.54, 1.807) is 31.4 Å². The van der Waals surface area contributed by atoms with E-state index >= 15 is 0 Å². The van der Waals surface area contributed by atoms with Crippen molar-refractivity contribution >= 4 is 16.9 Å². The first-order chi connectivity index (χ1) is 15.3. The lowest BCUT2D eigenvalue weighted by Gasteiger charge is -2.38. The number of aliphatic carboxylic acids is 1. The van der Waals surface area contributed by atoms with E-state index in [1.165, 1.54) is 24.5 Å². The van der Waals surface area contributed by atoms with Crippen LogP contribution in [0.1, 0.15) is 0 Å². The molecule has 4 N–H and O–H groups in total. The highest BCUT2D eigenvalue weighted by Crippen LogP contribution is 2.28. The lowest BCUT2D eigenvalue weighted by Crippen LogP contribution is -2.61. The quantitative estimate of drug-likeness (QED) is 0.443. The van der Waals surface area contributed by atoms with Gasteiger partial charge in [0.2, 0.25) is 6.29 Å². The Kier molecular flexibility index (Phi) is 5.85.